The van der Waals surface area contributed by atoms with Crippen LogP contribution in [0.2, 0.25) is 0 Å². The van der Waals surface area contributed by atoms with Crippen molar-refractivity contribution < 1.29 is 18.8 Å². The number of aliphatic hydroxyl groups is 1. The molecular weight excluding hydrogens is 286 g/mol. The second-order valence-corrected chi connectivity index (χ2v) is 4.42. The van der Waals surface area contributed by atoms with E-state index in [1.807, 2.05) is 0 Å². The standard InChI is InChI=1S/C12H14F2N4O3/c13-10(14)8-16(5-6-19)7-9-12(18(20)21)17-4-2-1-3-11(17)15-9/h1-4,10,19H,5-8H2. The zero-order valence-corrected chi connectivity index (χ0v) is 11.0. The minimum Gasteiger partial charge on any atom is -0.395 e. The maximum atomic E-state index is 12.5. The Hall–Kier alpha value is -2.13. The molecule has 0 fully saturated rings. The van der Waals surface area contributed by atoms with Crippen LogP contribution in [-0.2, 0) is 6.54 Å². The van der Waals surface area contributed by atoms with Crippen molar-refractivity contribution in [3.8, 4) is 0 Å². The first-order valence-electron chi connectivity index (χ1n) is 6.24. The summed E-state index contributed by atoms with van der Waals surface area (Å²) in [7, 11) is 0. The first-order valence-corrected chi connectivity index (χ1v) is 6.24. The van der Waals surface area contributed by atoms with E-state index in [4.69, 9.17) is 5.11 Å². The highest BCUT2D eigenvalue weighted by Gasteiger charge is 2.24. The molecule has 0 atom stereocenters. The minimum absolute atomic E-state index is 0.00460. The Balaban J connectivity index is 2.35. The lowest BCUT2D eigenvalue weighted by Crippen LogP contribution is -2.31. The minimum atomic E-state index is -2.59. The van der Waals surface area contributed by atoms with Gasteiger partial charge in [0.1, 0.15) is 0 Å². The van der Waals surface area contributed by atoms with E-state index in [2.05, 4.69) is 4.98 Å². The number of fused-ring (bicyclic) bond motifs is 1. The van der Waals surface area contributed by atoms with Crippen LogP contribution < -0.4 is 0 Å². The zero-order valence-electron chi connectivity index (χ0n) is 11.0. The summed E-state index contributed by atoms with van der Waals surface area (Å²) >= 11 is 0. The van der Waals surface area contributed by atoms with Crippen LogP contribution in [0.25, 0.3) is 5.65 Å². The molecule has 114 valence electrons. The Bertz CT molecular complexity index is 632. The lowest BCUT2D eigenvalue weighted by molar-refractivity contribution is -0.391. The molecule has 0 saturated carbocycles. The van der Waals surface area contributed by atoms with Gasteiger partial charge in [-0.2, -0.15) is 4.40 Å². The molecule has 0 aliphatic rings. The van der Waals surface area contributed by atoms with Gasteiger partial charge in [-0.05, 0) is 11.0 Å². The zero-order chi connectivity index (χ0) is 15.4. The molecule has 21 heavy (non-hydrogen) atoms. The smallest absolute Gasteiger partial charge is 0.352 e. The molecule has 0 spiro atoms. The van der Waals surface area contributed by atoms with E-state index in [-0.39, 0.29) is 31.2 Å². The summed E-state index contributed by atoms with van der Waals surface area (Å²) in [4.78, 5) is 16.0. The van der Waals surface area contributed by atoms with Gasteiger partial charge >= 0.3 is 5.82 Å². The number of alkyl halides is 2. The summed E-state index contributed by atoms with van der Waals surface area (Å²) in [5.41, 5.74) is 0.473. The van der Waals surface area contributed by atoms with Crippen LogP contribution in [0.4, 0.5) is 14.6 Å². The monoisotopic (exact) mass is 300 g/mol. The number of hydrogen-bond acceptors (Lipinski definition) is 5. The number of rotatable bonds is 7. The van der Waals surface area contributed by atoms with Crippen molar-refractivity contribution >= 4 is 11.5 Å². The molecule has 0 aliphatic carbocycles. The van der Waals surface area contributed by atoms with Crippen molar-refractivity contribution in [1.82, 2.24) is 14.3 Å². The van der Waals surface area contributed by atoms with Crippen molar-refractivity contribution in [3.63, 3.8) is 0 Å². The fraction of sp³-hybridized carbons (Fsp3) is 0.417. The van der Waals surface area contributed by atoms with E-state index in [1.165, 1.54) is 15.5 Å². The maximum absolute atomic E-state index is 12.5. The maximum Gasteiger partial charge on any atom is 0.352 e. The molecule has 0 aromatic carbocycles. The van der Waals surface area contributed by atoms with Crippen LogP contribution in [0.15, 0.2) is 24.4 Å². The summed E-state index contributed by atoms with van der Waals surface area (Å²) in [5, 5.41) is 20.1. The summed E-state index contributed by atoms with van der Waals surface area (Å²) in [6.45, 7) is -1.02. The molecule has 0 bridgehead atoms. The van der Waals surface area contributed by atoms with Crippen LogP contribution in [0.1, 0.15) is 5.69 Å². The van der Waals surface area contributed by atoms with Gasteiger partial charge in [0, 0.05) is 19.2 Å². The van der Waals surface area contributed by atoms with E-state index in [0.717, 1.165) is 0 Å². The Morgan fingerprint density at radius 2 is 2.24 bits per heavy atom. The lowest BCUT2D eigenvalue weighted by Gasteiger charge is -2.19. The molecule has 9 heteroatoms. The molecular formula is C12H14F2N4O3. The number of aliphatic hydroxyl groups excluding tert-OH is 1. The van der Waals surface area contributed by atoms with Gasteiger partial charge in [0.05, 0.1) is 19.3 Å². The Morgan fingerprint density at radius 3 is 2.86 bits per heavy atom. The van der Waals surface area contributed by atoms with Gasteiger partial charge in [-0.3, -0.25) is 4.90 Å². The van der Waals surface area contributed by atoms with Crippen molar-refractivity contribution in [2.45, 2.75) is 13.0 Å². The molecule has 2 aromatic heterocycles. The Labute approximate surface area is 118 Å². The van der Waals surface area contributed by atoms with Gasteiger partial charge in [0.2, 0.25) is 5.65 Å². The second-order valence-electron chi connectivity index (χ2n) is 4.42. The number of nitro groups is 1. The number of hydrogen-bond donors (Lipinski definition) is 1. The van der Waals surface area contributed by atoms with Crippen molar-refractivity contribution in [2.75, 3.05) is 19.7 Å². The average molecular weight is 300 g/mol. The second kappa shape index (κ2) is 6.55. The highest BCUT2D eigenvalue weighted by Crippen LogP contribution is 2.22. The lowest BCUT2D eigenvalue weighted by atomic mass is 10.3. The van der Waals surface area contributed by atoms with E-state index in [9.17, 15) is 18.9 Å². The normalized spacial score (nSPS) is 11.7. The third-order valence-corrected chi connectivity index (χ3v) is 2.93. The number of imidazole rings is 1. The average Bonchev–Trinajstić information content (AvgIpc) is 2.75. The van der Waals surface area contributed by atoms with Gasteiger partial charge in [-0.1, -0.05) is 6.07 Å². The van der Waals surface area contributed by atoms with Crippen LogP contribution in [0, 0.1) is 10.1 Å². The largest absolute Gasteiger partial charge is 0.395 e. The molecule has 0 radical (unpaired) electrons. The summed E-state index contributed by atoms with van der Waals surface area (Å²) < 4.78 is 26.3. The molecule has 2 rings (SSSR count). The summed E-state index contributed by atoms with van der Waals surface area (Å²) in [6, 6.07) is 4.90. The highest BCUT2D eigenvalue weighted by molar-refractivity contribution is 5.48. The molecule has 7 nitrogen and oxygen atoms in total. The number of pyridine rings is 1. The van der Waals surface area contributed by atoms with E-state index >= 15 is 0 Å². The molecule has 2 heterocycles. The van der Waals surface area contributed by atoms with Gasteiger partial charge in [0.15, 0.2) is 5.69 Å². The molecule has 0 unspecified atom stereocenters. The van der Waals surface area contributed by atoms with Gasteiger partial charge in [0.25, 0.3) is 6.43 Å². The predicted molar refractivity (Wildman–Crippen MR) is 70.2 cm³/mol. The molecule has 0 amide bonds. The molecule has 2 aromatic rings. The van der Waals surface area contributed by atoms with Crippen molar-refractivity contribution in [3.05, 3.63) is 40.2 Å². The number of nitrogens with zero attached hydrogens (tertiary/aromatic N) is 4. The van der Waals surface area contributed by atoms with E-state index in [0.29, 0.717) is 5.65 Å². The van der Waals surface area contributed by atoms with Crippen molar-refractivity contribution in [1.29, 1.82) is 0 Å². The quantitative estimate of drug-likeness (QED) is 0.615. The number of aromatic nitrogens is 2. The Morgan fingerprint density at radius 1 is 1.48 bits per heavy atom. The van der Waals surface area contributed by atoms with E-state index < -0.39 is 17.9 Å². The topological polar surface area (TPSA) is 83.9 Å². The van der Waals surface area contributed by atoms with Gasteiger partial charge < -0.3 is 15.2 Å². The van der Waals surface area contributed by atoms with Crippen LogP contribution in [0.5, 0.6) is 0 Å². The van der Waals surface area contributed by atoms with Crippen LogP contribution in [-0.4, -0.2) is 50.4 Å². The van der Waals surface area contributed by atoms with Crippen LogP contribution >= 0.6 is 0 Å². The third kappa shape index (κ3) is 3.50. The molecule has 0 saturated heterocycles. The van der Waals surface area contributed by atoms with Crippen molar-refractivity contribution in [2.24, 2.45) is 0 Å². The predicted octanol–water partition coefficient (Wildman–Crippen LogP) is 1.30. The van der Waals surface area contributed by atoms with Crippen LogP contribution in [0.3, 0.4) is 0 Å². The summed E-state index contributed by atoms with van der Waals surface area (Å²) in [5.74, 6) is -0.247. The first kappa shape index (κ1) is 15.3. The van der Waals surface area contributed by atoms with Gasteiger partial charge in [-0.15, -0.1) is 0 Å². The summed E-state index contributed by atoms with van der Waals surface area (Å²) in [6.07, 6.45) is -1.10. The highest BCUT2D eigenvalue weighted by atomic mass is 19.3. The fourth-order valence-electron chi connectivity index (χ4n) is 2.11. The SMILES string of the molecule is O=[N+]([O-])c1c(CN(CCO)CC(F)F)nc2ccccn12. The molecule has 1 N–H and O–H groups in total. The van der Waals surface area contributed by atoms with Gasteiger partial charge in [-0.25, -0.2) is 13.8 Å². The molecule has 0 aliphatic heterocycles. The van der Waals surface area contributed by atoms with E-state index in [1.54, 1.807) is 18.2 Å². The first-order chi connectivity index (χ1) is 10.0. The Kier molecular flexibility index (Phi) is 4.76. The number of halogens is 2. The fourth-order valence-corrected chi connectivity index (χ4v) is 2.11. The third-order valence-electron chi connectivity index (χ3n) is 2.93.